The summed E-state index contributed by atoms with van der Waals surface area (Å²) in [7, 11) is 0. The van der Waals surface area contributed by atoms with E-state index in [1.54, 1.807) is 13.8 Å². The second-order valence-electron chi connectivity index (χ2n) is 5.29. The summed E-state index contributed by atoms with van der Waals surface area (Å²) in [6, 6.07) is 3.69. The summed E-state index contributed by atoms with van der Waals surface area (Å²) < 4.78 is 13.5. The molecule has 0 amide bonds. The zero-order chi connectivity index (χ0) is 12.5. The van der Waals surface area contributed by atoms with Crippen molar-refractivity contribution in [1.29, 1.82) is 0 Å². The van der Waals surface area contributed by atoms with Gasteiger partial charge in [0.05, 0.1) is 0 Å². The van der Waals surface area contributed by atoms with Gasteiger partial charge in [0.2, 0.25) is 0 Å². The molecule has 0 aliphatic rings. The van der Waals surface area contributed by atoms with Gasteiger partial charge in [-0.25, -0.2) is 4.39 Å². The lowest BCUT2D eigenvalue weighted by Crippen LogP contribution is -2.28. The molecule has 1 nitrogen and oxygen atoms in total. The molecule has 16 heavy (non-hydrogen) atoms. The van der Waals surface area contributed by atoms with Gasteiger partial charge in [-0.05, 0) is 42.4 Å². The quantitative estimate of drug-likeness (QED) is 0.826. The predicted molar refractivity (Wildman–Crippen MR) is 66.9 cm³/mol. The molecule has 0 radical (unpaired) electrons. The number of hydrogen-bond donors (Lipinski definition) is 1. The van der Waals surface area contributed by atoms with Crippen LogP contribution < -0.4 is 5.73 Å². The number of benzene rings is 1. The third-order valence-electron chi connectivity index (χ3n) is 3.57. The Morgan fingerprint density at radius 3 is 2.06 bits per heavy atom. The summed E-state index contributed by atoms with van der Waals surface area (Å²) in [6.07, 6.45) is 1.00. The fraction of sp³-hybridized carbons (Fsp3) is 0.571. The highest BCUT2D eigenvalue weighted by Crippen LogP contribution is 2.35. The third kappa shape index (κ3) is 2.43. The van der Waals surface area contributed by atoms with Gasteiger partial charge in [0.25, 0.3) is 0 Å². The molecule has 0 bridgehead atoms. The van der Waals surface area contributed by atoms with Gasteiger partial charge in [-0.15, -0.1) is 0 Å². The van der Waals surface area contributed by atoms with E-state index in [0.29, 0.717) is 11.1 Å². The van der Waals surface area contributed by atoms with Gasteiger partial charge < -0.3 is 5.73 Å². The Bertz CT molecular complexity index is 359. The molecule has 1 aromatic rings. The lowest BCUT2D eigenvalue weighted by molar-refractivity contribution is 0.278. The maximum Gasteiger partial charge on any atom is 0.129 e. The molecule has 0 saturated carbocycles. The van der Waals surface area contributed by atoms with E-state index >= 15 is 0 Å². The van der Waals surface area contributed by atoms with E-state index in [4.69, 9.17) is 5.73 Å². The number of nitrogens with two attached hydrogens (primary N) is 1. The minimum Gasteiger partial charge on any atom is -0.324 e. The van der Waals surface area contributed by atoms with Crippen molar-refractivity contribution in [3.8, 4) is 0 Å². The topological polar surface area (TPSA) is 26.0 Å². The standard InChI is InChI=1S/C14H22FN/c1-6-14(4,5)13(16)11-7-9(2)12(15)10(3)8-11/h7-8,13H,6,16H2,1-5H3. The highest BCUT2D eigenvalue weighted by atomic mass is 19.1. The zero-order valence-electron chi connectivity index (χ0n) is 10.9. The number of halogens is 1. The van der Waals surface area contributed by atoms with E-state index in [2.05, 4.69) is 20.8 Å². The van der Waals surface area contributed by atoms with Crippen molar-refractivity contribution in [2.24, 2.45) is 11.1 Å². The molecule has 0 heterocycles. The maximum atomic E-state index is 13.5. The van der Waals surface area contributed by atoms with E-state index in [-0.39, 0.29) is 17.3 Å². The van der Waals surface area contributed by atoms with Crippen LogP contribution in [-0.2, 0) is 0 Å². The van der Waals surface area contributed by atoms with Crippen LogP contribution in [0.15, 0.2) is 12.1 Å². The summed E-state index contributed by atoms with van der Waals surface area (Å²) in [6.45, 7) is 10.00. The van der Waals surface area contributed by atoms with Crippen LogP contribution >= 0.6 is 0 Å². The first-order valence-corrected chi connectivity index (χ1v) is 5.82. The zero-order valence-corrected chi connectivity index (χ0v) is 10.9. The Kier molecular flexibility index (Phi) is 3.74. The molecule has 0 spiro atoms. The van der Waals surface area contributed by atoms with Crippen LogP contribution in [0.25, 0.3) is 0 Å². The molecule has 0 saturated heterocycles. The molecule has 0 aliphatic carbocycles. The molecule has 90 valence electrons. The number of hydrogen-bond acceptors (Lipinski definition) is 1. The Labute approximate surface area is 97.9 Å². The molecule has 0 aromatic heterocycles. The molecular formula is C14H22FN. The number of rotatable bonds is 3. The minimum absolute atomic E-state index is 0.0384. The monoisotopic (exact) mass is 223 g/mol. The molecule has 2 N–H and O–H groups in total. The van der Waals surface area contributed by atoms with Crippen LogP contribution in [0.1, 0.15) is 49.9 Å². The Hall–Kier alpha value is -0.890. The van der Waals surface area contributed by atoms with E-state index in [0.717, 1.165) is 12.0 Å². The van der Waals surface area contributed by atoms with Crippen LogP contribution in [0.2, 0.25) is 0 Å². The lowest BCUT2D eigenvalue weighted by Gasteiger charge is -2.31. The van der Waals surface area contributed by atoms with Crippen LogP contribution in [0.3, 0.4) is 0 Å². The number of aryl methyl sites for hydroxylation is 2. The van der Waals surface area contributed by atoms with Crippen molar-refractivity contribution in [2.75, 3.05) is 0 Å². The van der Waals surface area contributed by atoms with Crippen molar-refractivity contribution in [2.45, 2.75) is 47.1 Å². The average Bonchev–Trinajstić information content (AvgIpc) is 2.24. The lowest BCUT2D eigenvalue weighted by atomic mass is 9.78. The summed E-state index contributed by atoms with van der Waals surface area (Å²) in [4.78, 5) is 0. The molecule has 0 aliphatic heterocycles. The SMILES string of the molecule is CCC(C)(C)C(N)c1cc(C)c(F)c(C)c1. The molecule has 0 fully saturated rings. The summed E-state index contributed by atoms with van der Waals surface area (Å²) in [5.41, 5.74) is 8.67. The van der Waals surface area contributed by atoms with Gasteiger partial charge in [-0.2, -0.15) is 0 Å². The van der Waals surface area contributed by atoms with Crippen molar-refractivity contribution in [3.63, 3.8) is 0 Å². The van der Waals surface area contributed by atoms with Gasteiger partial charge in [0.1, 0.15) is 5.82 Å². The van der Waals surface area contributed by atoms with Crippen molar-refractivity contribution in [3.05, 3.63) is 34.6 Å². The Balaban J connectivity index is 3.15. The molecular weight excluding hydrogens is 201 g/mol. The predicted octanol–water partition coefficient (Wildman–Crippen LogP) is 3.88. The fourth-order valence-corrected chi connectivity index (χ4v) is 1.83. The molecule has 1 rings (SSSR count). The summed E-state index contributed by atoms with van der Waals surface area (Å²) in [5, 5.41) is 0. The van der Waals surface area contributed by atoms with E-state index in [1.807, 2.05) is 12.1 Å². The second-order valence-corrected chi connectivity index (χ2v) is 5.29. The van der Waals surface area contributed by atoms with E-state index in [1.165, 1.54) is 0 Å². The largest absolute Gasteiger partial charge is 0.324 e. The molecule has 1 unspecified atom stereocenters. The highest BCUT2D eigenvalue weighted by Gasteiger charge is 2.26. The molecule has 1 aromatic carbocycles. The van der Waals surface area contributed by atoms with Crippen molar-refractivity contribution in [1.82, 2.24) is 0 Å². The first-order chi connectivity index (χ1) is 7.29. The van der Waals surface area contributed by atoms with Gasteiger partial charge >= 0.3 is 0 Å². The molecule has 2 heteroatoms. The average molecular weight is 223 g/mol. The van der Waals surface area contributed by atoms with Gasteiger partial charge in [-0.3, -0.25) is 0 Å². The second kappa shape index (κ2) is 4.54. The first-order valence-electron chi connectivity index (χ1n) is 5.82. The minimum atomic E-state index is -0.120. The summed E-state index contributed by atoms with van der Waals surface area (Å²) >= 11 is 0. The highest BCUT2D eigenvalue weighted by molar-refractivity contribution is 5.33. The van der Waals surface area contributed by atoms with Crippen LogP contribution in [0.5, 0.6) is 0 Å². The smallest absolute Gasteiger partial charge is 0.129 e. The van der Waals surface area contributed by atoms with Gasteiger partial charge in [0.15, 0.2) is 0 Å². The Morgan fingerprint density at radius 2 is 1.69 bits per heavy atom. The van der Waals surface area contributed by atoms with Gasteiger partial charge in [-0.1, -0.05) is 32.9 Å². The third-order valence-corrected chi connectivity index (χ3v) is 3.57. The fourth-order valence-electron chi connectivity index (χ4n) is 1.83. The molecule has 1 atom stereocenters. The van der Waals surface area contributed by atoms with E-state index < -0.39 is 0 Å². The maximum absolute atomic E-state index is 13.5. The Morgan fingerprint density at radius 1 is 1.25 bits per heavy atom. The van der Waals surface area contributed by atoms with Crippen molar-refractivity contribution < 1.29 is 4.39 Å². The van der Waals surface area contributed by atoms with Gasteiger partial charge in [0, 0.05) is 6.04 Å². The van der Waals surface area contributed by atoms with Crippen LogP contribution in [0, 0.1) is 25.1 Å². The van der Waals surface area contributed by atoms with Crippen molar-refractivity contribution >= 4 is 0 Å². The first kappa shape index (κ1) is 13.2. The normalized spacial score (nSPS) is 13.9. The van der Waals surface area contributed by atoms with Crippen LogP contribution in [0.4, 0.5) is 4.39 Å². The summed E-state index contributed by atoms with van der Waals surface area (Å²) in [5.74, 6) is -0.120. The van der Waals surface area contributed by atoms with Crippen LogP contribution in [-0.4, -0.2) is 0 Å². The van der Waals surface area contributed by atoms with E-state index in [9.17, 15) is 4.39 Å².